The molecular weight excluding hydrogens is 292 g/mol. The molecule has 1 aromatic carbocycles. The largest absolute Gasteiger partial charge is 0.376 e. The normalized spacial score (nSPS) is 17.3. The fraction of sp³-hybridized carbons (Fsp3) is 0.444. The van der Waals surface area contributed by atoms with Crippen molar-refractivity contribution in [3.05, 3.63) is 41.7 Å². The van der Waals surface area contributed by atoms with Crippen LogP contribution >= 0.6 is 0 Å². The fourth-order valence-corrected chi connectivity index (χ4v) is 2.75. The van der Waals surface area contributed by atoms with Crippen molar-refractivity contribution in [2.45, 2.75) is 38.7 Å². The molecule has 1 saturated heterocycles. The Kier molecular flexibility index (Phi) is 5.08. The predicted octanol–water partition coefficient (Wildman–Crippen LogP) is 2.88. The maximum atomic E-state index is 12.0. The Morgan fingerprint density at radius 2 is 2.17 bits per heavy atom. The monoisotopic (exact) mass is 314 g/mol. The molecule has 5 heteroatoms. The van der Waals surface area contributed by atoms with E-state index in [9.17, 15) is 4.79 Å². The van der Waals surface area contributed by atoms with Gasteiger partial charge >= 0.3 is 0 Å². The van der Waals surface area contributed by atoms with E-state index in [2.05, 4.69) is 10.5 Å². The van der Waals surface area contributed by atoms with E-state index < -0.39 is 0 Å². The van der Waals surface area contributed by atoms with Gasteiger partial charge in [-0.1, -0.05) is 35.0 Å². The van der Waals surface area contributed by atoms with Gasteiger partial charge in [0.15, 0.2) is 0 Å². The van der Waals surface area contributed by atoms with E-state index in [0.717, 1.165) is 36.3 Å². The number of aryl methyl sites for hydroxylation is 2. The molecular formula is C18H22N2O3. The van der Waals surface area contributed by atoms with Gasteiger partial charge in [0.2, 0.25) is 5.91 Å². The third-order valence-corrected chi connectivity index (χ3v) is 4.14. The lowest BCUT2D eigenvalue weighted by Crippen LogP contribution is -2.31. The maximum absolute atomic E-state index is 12.0. The summed E-state index contributed by atoms with van der Waals surface area (Å²) in [6.45, 7) is 3.46. The van der Waals surface area contributed by atoms with Crippen LogP contribution in [0.25, 0.3) is 11.3 Å². The molecule has 1 aliphatic rings. The van der Waals surface area contributed by atoms with Crippen LogP contribution in [0.3, 0.4) is 0 Å². The molecule has 1 aliphatic heterocycles. The van der Waals surface area contributed by atoms with Crippen molar-refractivity contribution in [1.29, 1.82) is 0 Å². The fourth-order valence-electron chi connectivity index (χ4n) is 2.75. The number of carbonyl (C=O) groups is 1. The molecule has 1 fully saturated rings. The number of hydrogen-bond donors (Lipinski definition) is 1. The number of benzene rings is 1. The Balaban J connectivity index is 1.53. The first-order chi connectivity index (χ1) is 11.2. The zero-order valence-electron chi connectivity index (χ0n) is 13.4. The number of hydrogen-bond acceptors (Lipinski definition) is 4. The van der Waals surface area contributed by atoms with Crippen LogP contribution in [0.2, 0.25) is 0 Å². The van der Waals surface area contributed by atoms with Crippen LogP contribution in [0.4, 0.5) is 0 Å². The third-order valence-electron chi connectivity index (χ3n) is 4.14. The lowest BCUT2D eigenvalue weighted by atomic mass is 10.0. The molecule has 2 heterocycles. The first-order valence-electron chi connectivity index (χ1n) is 8.11. The van der Waals surface area contributed by atoms with Crippen LogP contribution < -0.4 is 5.32 Å². The van der Waals surface area contributed by atoms with E-state index in [1.165, 1.54) is 5.56 Å². The van der Waals surface area contributed by atoms with Gasteiger partial charge in [-0.05, 0) is 26.2 Å². The Morgan fingerprint density at radius 3 is 2.91 bits per heavy atom. The summed E-state index contributed by atoms with van der Waals surface area (Å²) in [7, 11) is 0. The molecule has 5 nitrogen and oxygen atoms in total. The molecule has 1 N–H and O–H groups in total. The lowest BCUT2D eigenvalue weighted by Gasteiger charge is -2.10. The van der Waals surface area contributed by atoms with Crippen LogP contribution in [-0.2, 0) is 16.0 Å². The minimum absolute atomic E-state index is 0.0385. The molecule has 0 saturated carbocycles. The Hall–Kier alpha value is -2.14. The molecule has 3 rings (SSSR count). The quantitative estimate of drug-likeness (QED) is 0.890. The minimum atomic E-state index is 0.0385. The summed E-state index contributed by atoms with van der Waals surface area (Å²) in [6.07, 6.45) is 4.96. The second-order valence-corrected chi connectivity index (χ2v) is 5.99. The highest BCUT2D eigenvalue weighted by Gasteiger charge is 2.17. The number of aromatic nitrogens is 1. The van der Waals surface area contributed by atoms with Crippen LogP contribution in [0.1, 0.15) is 30.4 Å². The van der Waals surface area contributed by atoms with E-state index in [1.807, 2.05) is 31.2 Å². The van der Waals surface area contributed by atoms with Crippen molar-refractivity contribution in [2.75, 3.05) is 13.2 Å². The molecule has 1 atom stereocenters. The van der Waals surface area contributed by atoms with E-state index >= 15 is 0 Å². The highest BCUT2D eigenvalue weighted by molar-refractivity contribution is 5.76. The van der Waals surface area contributed by atoms with Crippen molar-refractivity contribution in [3.63, 3.8) is 0 Å². The highest BCUT2D eigenvalue weighted by atomic mass is 16.5. The number of ether oxygens (including phenoxy) is 1. The van der Waals surface area contributed by atoms with Crippen LogP contribution in [0, 0.1) is 6.92 Å². The van der Waals surface area contributed by atoms with E-state index in [0.29, 0.717) is 19.4 Å². The smallest absolute Gasteiger partial charge is 0.220 e. The predicted molar refractivity (Wildman–Crippen MR) is 87.0 cm³/mol. The van der Waals surface area contributed by atoms with Gasteiger partial charge in [0.1, 0.15) is 12.0 Å². The lowest BCUT2D eigenvalue weighted by molar-refractivity contribution is -0.121. The van der Waals surface area contributed by atoms with Gasteiger partial charge in [0.05, 0.1) is 6.10 Å². The Bertz CT molecular complexity index is 643. The number of nitrogens with one attached hydrogen (secondary N) is 1. The van der Waals surface area contributed by atoms with Gasteiger partial charge in [0, 0.05) is 30.7 Å². The third kappa shape index (κ3) is 4.20. The van der Waals surface area contributed by atoms with Crippen molar-refractivity contribution >= 4 is 5.91 Å². The molecule has 0 aliphatic carbocycles. The van der Waals surface area contributed by atoms with Crippen molar-refractivity contribution in [3.8, 4) is 11.3 Å². The topological polar surface area (TPSA) is 64.4 Å². The molecule has 0 spiro atoms. The van der Waals surface area contributed by atoms with Crippen LogP contribution in [0.5, 0.6) is 0 Å². The number of nitrogens with zero attached hydrogens (tertiary/aromatic N) is 1. The summed E-state index contributed by atoms with van der Waals surface area (Å²) >= 11 is 0. The van der Waals surface area contributed by atoms with Crippen LogP contribution in [0.15, 0.2) is 35.1 Å². The summed E-state index contributed by atoms with van der Waals surface area (Å²) in [5.41, 5.74) is 3.99. The zero-order chi connectivity index (χ0) is 16.1. The van der Waals surface area contributed by atoms with Gasteiger partial charge in [0.25, 0.3) is 0 Å². The standard InChI is InChI=1S/C18H22N2O3/c1-13-4-6-14(7-5-13)18-15(12-23-20-18)8-9-17(21)19-11-16-3-2-10-22-16/h4-7,12,16H,2-3,8-11H2,1H3,(H,19,21)/t16-/m0/s1. The van der Waals surface area contributed by atoms with Crippen LogP contribution in [-0.4, -0.2) is 30.3 Å². The van der Waals surface area contributed by atoms with Gasteiger partial charge < -0.3 is 14.6 Å². The van der Waals surface area contributed by atoms with Crippen molar-refractivity contribution in [1.82, 2.24) is 10.5 Å². The molecule has 122 valence electrons. The van der Waals surface area contributed by atoms with E-state index in [1.54, 1.807) is 6.26 Å². The number of amides is 1. The maximum Gasteiger partial charge on any atom is 0.220 e. The van der Waals surface area contributed by atoms with Gasteiger partial charge in [-0.2, -0.15) is 0 Å². The van der Waals surface area contributed by atoms with Gasteiger partial charge in [-0.3, -0.25) is 4.79 Å². The molecule has 1 aromatic heterocycles. The number of rotatable bonds is 6. The minimum Gasteiger partial charge on any atom is -0.376 e. The van der Waals surface area contributed by atoms with E-state index in [4.69, 9.17) is 9.26 Å². The summed E-state index contributed by atoms with van der Waals surface area (Å²) in [6, 6.07) is 8.13. The number of carbonyl (C=O) groups excluding carboxylic acids is 1. The zero-order valence-corrected chi connectivity index (χ0v) is 13.4. The van der Waals surface area contributed by atoms with Gasteiger partial charge in [-0.15, -0.1) is 0 Å². The molecule has 0 bridgehead atoms. The van der Waals surface area contributed by atoms with E-state index in [-0.39, 0.29) is 12.0 Å². The second kappa shape index (κ2) is 7.42. The first-order valence-corrected chi connectivity index (χ1v) is 8.11. The van der Waals surface area contributed by atoms with Crippen molar-refractivity contribution < 1.29 is 14.1 Å². The SMILES string of the molecule is Cc1ccc(-c2nocc2CCC(=O)NC[C@@H]2CCCO2)cc1. The average Bonchev–Trinajstić information content (AvgIpc) is 3.23. The molecule has 1 amide bonds. The highest BCUT2D eigenvalue weighted by Crippen LogP contribution is 2.23. The summed E-state index contributed by atoms with van der Waals surface area (Å²) < 4.78 is 10.6. The Labute approximate surface area is 136 Å². The molecule has 23 heavy (non-hydrogen) atoms. The molecule has 0 unspecified atom stereocenters. The summed E-state index contributed by atoms with van der Waals surface area (Å²) in [5, 5.41) is 7.02. The first kappa shape index (κ1) is 15.7. The second-order valence-electron chi connectivity index (χ2n) is 5.99. The molecule has 0 radical (unpaired) electrons. The average molecular weight is 314 g/mol. The summed E-state index contributed by atoms with van der Waals surface area (Å²) in [5.74, 6) is 0.0385. The molecule has 2 aromatic rings. The van der Waals surface area contributed by atoms with Gasteiger partial charge in [-0.25, -0.2) is 0 Å². The summed E-state index contributed by atoms with van der Waals surface area (Å²) in [4.78, 5) is 12.0. The Morgan fingerprint density at radius 1 is 1.35 bits per heavy atom. The van der Waals surface area contributed by atoms with Crippen molar-refractivity contribution in [2.24, 2.45) is 0 Å².